The second-order valence-corrected chi connectivity index (χ2v) is 15.8. The van der Waals surface area contributed by atoms with E-state index in [1.54, 1.807) is 6.08 Å². The molecule has 1 amide bonds. The van der Waals surface area contributed by atoms with Gasteiger partial charge in [0.15, 0.2) is 0 Å². The maximum atomic E-state index is 12.4. The van der Waals surface area contributed by atoms with E-state index >= 15 is 0 Å². The lowest BCUT2D eigenvalue weighted by Crippen LogP contribution is -2.45. The molecule has 0 aromatic carbocycles. The number of aliphatic hydroxyl groups is 2. The van der Waals surface area contributed by atoms with Crippen LogP contribution >= 0.6 is 0 Å². The first-order valence-electron chi connectivity index (χ1n) is 23.7. The fourth-order valence-electron chi connectivity index (χ4n) is 6.85. The highest BCUT2D eigenvalue weighted by Gasteiger charge is 2.17. The molecule has 0 heterocycles. The van der Waals surface area contributed by atoms with Gasteiger partial charge in [-0.1, -0.05) is 228 Å². The molecule has 55 heavy (non-hydrogen) atoms. The van der Waals surface area contributed by atoms with Crippen molar-refractivity contribution in [3.05, 3.63) is 72.9 Å². The first-order valence-corrected chi connectivity index (χ1v) is 23.7. The Morgan fingerprint density at radius 3 is 1.20 bits per heavy atom. The average molecular weight is 766 g/mol. The number of hydrogen-bond donors (Lipinski definition) is 3. The van der Waals surface area contributed by atoms with Crippen LogP contribution in [0.2, 0.25) is 0 Å². The highest BCUT2D eigenvalue weighted by atomic mass is 16.3. The minimum atomic E-state index is -0.857. The van der Waals surface area contributed by atoms with E-state index in [-0.39, 0.29) is 12.5 Å². The lowest BCUT2D eigenvalue weighted by Gasteiger charge is -2.19. The van der Waals surface area contributed by atoms with Crippen LogP contribution in [0.1, 0.15) is 226 Å². The molecular weight excluding hydrogens is 675 g/mol. The molecule has 2 unspecified atom stereocenters. The van der Waals surface area contributed by atoms with Gasteiger partial charge in [0.1, 0.15) is 0 Å². The first kappa shape index (κ1) is 52.8. The smallest absolute Gasteiger partial charge is 0.220 e. The number of carbonyl (C=O) groups is 1. The third-order valence-electron chi connectivity index (χ3n) is 10.4. The zero-order chi connectivity index (χ0) is 40.0. The lowest BCUT2D eigenvalue weighted by atomic mass is 10.0. The van der Waals surface area contributed by atoms with Crippen molar-refractivity contribution in [2.75, 3.05) is 6.61 Å². The minimum Gasteiger partial charge on any atom is -0.394 e. The van der Waals surface area contributed by atoms with Crippen molar-refractivity contribution in [2.45, 2.75) is 238 Å². The molecule has 0 spiro atoms. The van der Waals surface area contributed by atoms with Gasteiger partial charge >= 0.3 is 0 Å². The second-order valence-electron chi connectivity index (χ2n) is 15.8. The molecule has 4 nitrogen and oxygen atoms in total. The Kier molecular flexibility index (Phi) is 44.4. The van der Waals surface area contributed by atoms with Crippen LogP contribution in [0, 0.1) is 0 Å². The van der Waals surface area contributed by atoms with E-state index in [4.69, 9.17) is 0 Å². The molecule has 4 heteroatoms. The van der Waals surface area contributed by atoms with Gasteiger partial charge in [0, 0.05) is 6.42 Å². The summed E-state index contributed by atoms with van der Waals surface area (Å²) in [6.07, 6.45) is 65.9. The van der Waals surface area contributed by atoms with E-state index in [0.717, 1.165) is 70.6 Å². The van der Waals surface area contributed by atoms with Crippen molar-refractivity contribution in [2.24, 2.45) is 0 Å². The highest BCUT2D eigenvalue weighted by molar-refractivity contribution is 5.76. The van der Waals surface area contributed by atoms with Gasteiger partial charge < -0.3 is 15.5 Å². The van der Waals surface area contributed by atoms with Gasteiger partial charge in [-0.25, -0.2) is 0 Å². The third-order valence-corrected chi connectivity index (χ3v) is 10.4. The Labute approximate surface area is 342 Å². The fourth-order valence-corrected chi connectivity index (χ4v) is 6.85. The zero-order valence-corrected chi connectivity index (χ0v) is 36.4. The summed E-state index contributed by atoms with van der Waals surface area (Å²) in [5, 5.41) is 23.0. The van der Waals surface area contributed by atoms with E-state index in [1.807, 2.05) is 6.08 Å². The van der Waals surface area contributed by atoms with Crippen molar-refractivity contribution < 1.29 is 15.0 Å². The first-order chi connectivity index (χ1) is 27.2. The Bertz CT molecular complexity index is 961. The summed E-state index contributed by atoms with van der Waals surface area (Å²) in [5.41, 5.74) is 0. The minimum absolute atomic E-state index is 0.0963. The standard InChI is InChI=1S/C51H91NO3/c1-3-5-7-9-11-13-15-17-19-21-23-24-25-26-27-29-30-32-34-36-38-40-42-44-46-50(54)49(48-53)52-51(55)47-45-43-41-39-37-35-33-31-28-22-20-18-16-14-12-10-8-6-4-2/h6,8,12,14,18,20,28,31,35,37,44,46,49-50,53-54H,3-5,7,9-11,13,15-17,19,21-27,29-30,32-34,36,38-43,45,47-48H2,1-2H3,(H,52,55)/b8-6-,14-12-,20-18-,31-28-,37-35-,46-44+. The molecule has 0 fully saturated rings. The van der Waals surface area contributed by atoms with E-state index in [9.17, 15) is 15.0 Å². The number of amides is 1. The summed E-state index contributed by atoms with van der Waals surface area (Å²) in [7, 11) is 0. The fraction of sp³-hybridized carbons (Fsp3) is 0.745. The Hall–Kier alpha value is -2.17. The molecule has 0 saturated heterocycles. The quantitative estimate of drug-likeness (QED) is 0.0428. The van der Waals surface area contributed by atoms with Crippen LogP contribution in [0.3, 0.4) is 0 Å². The third kappa shape index (κ3) is 42.8. The predicted octanol–water partition coefficient (Wildman–Crippen LogP) is 15.1. The van der Waals surface area contributed by atoms with Crippen molar-refractivity contribution in [1.82, 2.24) is 5.32 Å². The van der Waals surface area contributed by atoms with Crippen LogP contribution in [-0.2, 0) is 4.79 Å². The molecule has 318 valence electrons. The van der Waals surface area contributed by atoms with Gasteiger partial charge in [0.25, 0.3) is 0 Å². The largest absolute Gasteiger partial charge is 0.394 e. The lowest BCUT2D eigenvalue weighted by molar-refractivity contribution is -0.123. The van der Waals surface area contributed by atoms with E-state index in [0.29, 0.717) is 6.42 Å². The monoisotopic (exact) mass is 766 g/mol. The number of aliphatic hydroxyl groups excluding tert-OH is 2. The van der Waals surface area contributed by atoms with E-state index in [1.165, 1.54) is 135 Å². The molecule has 0 saturated carbocycles. The van der Waals surface area contributed by atoms with Gasteiger partial charge in [0.05, 0.1) is 18.8 Å². The molecule has 0 aromatic rings. The Morgan fingerprint density at radius 2 is 0.800 bits per heavy atom. The van der Waals surface area contributed by atoms with Crippen molar-refractivity contribution in [1.29, 1.82) is 0 Å². The molecule has 0 aromatic heterocycles. The molecule has 0 aliphatic carbocycles. The van der Waals surface area contributed by atoms with Crippen LogP contribution in [0.25, 0.3) is 0 Å². The van der Waals surface area contributed by atoms with Crippen molar-refractivity contribution in [3.8, 4) is 0 Å². The van der Waals surface area contributed by atoms with Gasteiger partial charge in [-0.3, -0.25) is 4.79 Å². The van der Waals surface area contributed by atoms with Gasteiger partial charge in [0.2, 0.25) is 5.91 Å². The molecule has 2 atom stereocenters. The van der Waals surface area contributed by atoms with Crippen LogP contribution in [0.4, 0.5) is 0 Å². The molecule has 0 bridgehead atoms. The zero-order valence-electron chi connectivity index (χ0n) is 36.4. The number of rotatable bonds is 42. The number of hydrogen-bond acceptors (Lipinski definition) is 3. The van der Waals surface area contributed by atoms with Crippen LogP contribution in [-0.4, -0.2) is 34.9 Å². The van der Waals surface area contributed by atoms with Crippen molar-refractivity contribution in [3.63, 3.8) is 0 Å². The Balaban J connectivity index is 3.61. The SMILES string of the molecule is CC/C=C\C/C=C\C/C=C\C/C=C\C/C=C\CCCCCC(=O)NC(CO)C(O)/C=C/CCCCCCCCCCCCCCCCCCCCCCCC. The van der Waals surface area contributed by atoms with Gasteiger partial charge in [-0.15, -0.1) is 0 Å². The number of nitrogens with one attached hydrogen (secondary N) is 1. The summed E-state index contributed by atoms with van der Waals surface area (Å²) in [5.74, 6) is -0.0963. The molecule has 0 rings (SSSR count). The van der Waals surface area contributed by atoms with Crippen LogP contribution in [0.5, 0.6) is 0 Å². The van der Waals surface area contributed by atoms with E-state index < -0.39 is 12.1 Å². The van der Waals surface area contributed by atoms with Gasteiger partial charge in [-0.2, -0.15) is 0 Å². The summed E-state index contributed by atoms with van der Waals surface area (Å²) in [4.78, 5) is 12.4. The maximum Gasteiger partial charge on any atom is 0.220 e. The number of carbonyl (C=O) groups excluding carboxylic acids is 1. The van der Waals surface area contributed by atoms with E-state index in [2.05, 4.69) is 79.9 Å². The van der Waals surface area contributed by atoms with Gasteiger partial charge in [-0.05, 0) is 64.2 Å². The highest BCUT2D eigenvalue weighted by Crippen LogP contribution is 2.16. The van der Waals surface area contributed by atoms with Crippen molar-refractivity contribution >= 4 is 5.91 Å². The van der Waals surface area contributed by atoms with Crippen LogP contribution in [0.15, 0.2) is 72.9 Å². The molecule has 0 aliphatic heterocycles. The number of unbranched alkanes of at least 4 members (excludes halogenated alkanes) is 25. The maximum absolute atomic E-state index is 12.4. The predicted molar refractivity (Wildman–Crippen MR) is 244 cm³/mol. The normalized spacial score (nSPS) is 13.6. The van der Waals surface area contributed by atoms with Crippen LogP contribution < -0.4 is 5.32 Å². The summed E-state index contributed by atoms with van der Waals surface area (Å²) in [6.45, 7) is 4.19. The molecule has 3 N–H and O–H groups in total. The number of allylic oxidation sites excluding steroid dienone is 11. The summed E-state index contributed by atoms with van der Waals surface area (Å²) < 4.78 is 0. The molecule has 0 radical (unpaired) electrons. The topological polar surface area (TPSA) is 69.6 Å². The summed E-state index contributed by atoms with van der Waals surface area (Å²) in [6, 6.07) is -0.644. The summed E-state index contributed by atoms with van der Waals surface area (Å²) >= 11 is 0. The average Bonchev–Trinajstić information content (AvgIpc) is 3.19. The second kappa shape index (κ2) is 46.2. The molecular formula is C51H91NO3. The molecule has 0 aliphatic rings. The Morgan fingerprint density at radius 1 is 0.455 bits per heavy atom.